The summed E-state index contributed by atoms with van der Waals surface area (Å²) in [5.41, 5.74) is 0.320. The van der Waals surface area contributed by atoms with Crippen LogP contribution in [0.2, 0.25) is 0 Å². The van der Waals surface area contributed by atoms with E-state index in [1.165, 1.54) is 0 Å². The van der Waals surface area contributed by atoms with E-state index in [0.717, 1.165) is 18.7 Å². The van der Waals surface area contributed by atoms with E-state index in [1.54, 1.807) is 12.1 Å². The predicted molar refractivity (Wildman–Crippen MR) is 76.2 cm³/mol. The minimum atomic E-state index is -3.14. The molecular weight excluding hydrogens is 262 g/mol. The highest BCUT2D eigenvalue weighted by molar-refractivity contribution is 7.91. The van der Waals surface area contributed by atoms with Gasteiger partial charge in [0.15, 0.2) is 9.84 Å². The lowest BCUT2D eigenvalue weighted by molar-refractivity contribution is 0.0839. The summed E-state index contributed by atoms with van der Waals surface area (Å²) in [5.74, 6) is 0.185. The Labute approximate surface area is 115 Å². The summed E-state index contributed by atoms with van der Waals surface area (Å²) in [4.78, 5) is 2.46. The second kappa shape index (κ2) is 5.13. The molecule has 1 aromatic carbocycles. The van der Waals surface area contributed by atoms with E-state index in [-0.39, 0.29) is 5.75 Å². The Hall–Kier alpha value is -1.07. The van der Waals surface area contributed by atoms with Gasteiger partial charge in [-0.3, -0.25) is 0 Å². The Morgan fingerprint density at radius 3 is 2.42 bits per heavy atom. The number of nitrogens with zero attached hydrogens (tertiary/aromatic N) is 1. The van der Waals surface area contributed by atoms with Gasteiger partial charge in [0.05, 0.1) is 16.2 Å². The van der Waals surface area contributed by atoms with Crippen LogP contribution in [0, 0.1) is 0 Å². The summed E-state index contributed by atoms with van der Waals surface area (Å²) >= 11 is 0. The Bertz CT molecular complexity index is 534. The van der Waals surface area contributed by atoms with Crippen molar-refractivity contribution >= 4 is 15.5 Å². The largest absolute Gasteiger partial charge is 0.388 e. The number of sulfone groups is 1. The Kier molecular flexibility index (Phi) is 3.87. The molecule has 19 heavy (non-hydrogen) atoms. The molecule has 0 radical (unpaired) electrons. The molecule has 1 heterocycles. The van der Waals surface area contributed by atoms with Crippen molar-refractivity contribution < 1.29 is 13.5 Å². The third-order valence-corrected chi connectivity index (χ3v) is 5.42. The molecule has 2 rings (SSSR count). The van der Waals surface area contributed by atoms with Crippen LogP contribution in [0.25, 0.3) is 0 Å². The van der Waals surface area contributed by atoms with Crippen molar-refractivity contribution in [1.82, 2.24) is 0 Å². The standard InChI is InChI=1S/C14H21NO3S/c1-3-10-19(17,18)13-6-4-12(5-7-13)15-9-8-14(2,16)11-15/h4-7,16H,3,8-11H2,1-2H3. The Morgan fingerprint density at radius 1 is 1.32 bits per heavy atom. The number of aliphatic hydroxyl groups is 1. The van der Waals surface area contributed by atoms with Crippen LogP contribution in [0.1, 0.15) is 26.7 Å². The van der Waals surface area contributed by atoms with Gasteiger partial charge in [0, 0.05) is 18.8 Å². The fourth-order valence-corrected chi connectivity index (χ4v) is 3.74. The Balaban J connectivity index is 2.16. The number of hydrogen-bond acceptors (Lipinski definition) is 4. The SMILES string of the molecule is CCCS(=O)(=O)c1ccc(N2CCC(C)(O)C2)cc1. The van der Waals surface area contributed by atoms with E-state index in [0.29, 0.717) is 17.9 Å². The molecule has 1 N–H and O–H groups in total. The number of β-amino-alcohol motifs (C(OH)–C–C–N with tert-alkyl or cyclic N) is 1. The molecule has 106 valence electrons. The summed E-state index contributed by atoms with van der Waals surface area (Å²) in [6.45, 7) is 5.08. The highest BCUT2D eigenvalue weighted by Crippen LogP contribution is 2.27. The van der Waals surface area contributed by atoms with Crippen molar-refractivity contribution in [3.05, 3.63) is 24.3 Å². The topological polar surface area (TPSA) is 57.6 Å². The fraction of sp³-hybridized carbons (Fsp3) is 0.571. The zero-order valence-electron chi connectivity index (χ0n) is 11.5. The molecule has 1 saturated heterocycles. The molecule has 1 aromatic rings. The van der Waals surface area contributed by atoms with E-state index < -0.39 is 15.4 Å². The van der Waals surface area contributed by atoms with Crippen LogP contribution >= 0.6 is 0 Å². The smallest absolute Gasteiger partial charge is 0.178 e. The fourth-order valence-electron chi connectivity index (χ4n) is 2.42. The van der Waals surface area contributed by atoms with Gasteiger partial charge in [0.2, 0.25) is 0 Å². The molecule has 5 heteroatoms. The monoisotopic (exact) mass is 283 g/mol. The van der Waals surface area contributed by atoms with Crippen LogP contribution in [-0.2, 0) is 9.84 Å². The van der Waals surface area contributed by atoms with Crippen LogP contribution in [0.4, 0.5) is 5.69 Å². The first-order valence-corrected chi connectivity index (χ1v) is 8.29. The van der Waals surface area contributed by atoms with Gasteiger partial charge in [-0.1, -0.05) is 6.92 Å². The van der Waals surface area contributed by atoms with Crippen LogP contribution < -0.4 is 4.90 Å². The Morgan fingerprint density at radius 2 is 1.95 bits per heavy atom. The van der Waals surface area contributed by atoms with E-state index in [2.05, 4.69) is 4.90 Å². The molecule has 0 bridgehead atoms. The number of benzene rings is 1. The molecule has 1 unspecified atom stereocenters. The first-order valence-electron chi connectivity index (χ1n) is 6.64. The molecule has 1 atom stereocenters. The van der Waals surface area contributed by atoms with Gasteiger partial charge < -0.3 is 10.0 Å². The quantitative estimate of drug-likeness (QED) is 0.916. The van der Waals surface area contributed by atoms with E-state index in [4.69, 9.17) is 0 Å². The first-order chi connectivity index (χ1) is 8.84. The summed E-state index contributed by atoms with van der Waals surface area (Å²) in [6, 6.07) is 6.97. The third kappa shape index (κ3) is 3.28. The predicted octanol–water partition coefficient (Wildman–Crippen LogP) is 1.83. The highest BCUT2D eigenvalue weighted by Gasteiger charge is 2.31. The lowest BCUT2D eigenvalue weighted by Crippen LogP contribution is -2.29. The summed E-state index contributed by atoms with van der Waals surface area (Å²) in [7, 11) is -3.14. The van der Waals surface area contributed by atoms with Crippen LogP contribution in [0.15, 0.2) is 29.2 Å². The average Bonchev–Trinajstić information content (AvgIpc) is 2.70. The van der Waals surface area contributed by atoms with Crippen molar-refractivity contribution in [2.75, 3.05) is 23.7 Å². The van der Waals surface area contributed by atoms with Crippen molar-refractivity contribution in [2.24, 2.45) is 0 Å². The van der Waals surface area contributed by atoms with Gasteiger partial charge in [-0.15, -0.1) is 0 Å². The number of anilines is 1. The van der Waals surface area contributed by atoms with Crippen LogP contribution in [0.5, 0.6) is 0 Å². The van der Waals surface area contributed by atoms with Gasteiger partial charge in [-0.25, -0.2) is 8.42 Å². The minimum absolute atomic E-state index is 0.185. The molecule has 1 aliphatic rings. The molecule has 0 aliphatic carbocycles. The van der Waals surface area contributed by atoms with Gasteiger partial charge >= 0.3 is 0 Å². The van der Waals surface area contributed by atoms with Crippen molar-refractivity contribution in [3.8, 4) is 0 Å². The summed E-state index contributed by atoms with van der Waals surface area (Å²) in [5, 5.41) is 9.94. The van der Waals surface area contributed by atoms with Gasteiger partial charge in [-0.2, -0.15) is 0 Å². The lowest BCUT2D eigenvalue weighted by atomic mass is 10.1. The zero-order valence-corrected chi connectivity index (χ0v) is 12.3. The van der Waals surface area contributed by atoms with Gasteiger partial charge in [-0.05, 0) is 44.0 Å². The molecule has 0 amide bonds. The van der Waals surface area contributed by atoms with Crippen LogP contribution in [-0.4, -0.2) is 38.0 Å². The lowest BCUT2D eigenvalue weighted by Gasteiger charge is -2.21. The van der Waals surface area contributed by atoms with E-state index in [1.807, 2.05) is 26.0 Å². The minimum Gasteiger partial charge on any atom is -0.388 e. The third-order valence-electron chi connectivity index (χ3n) is 3.49. The second-order valence-electron chi connectivity index (χ2n) is 5.48. The van der Waals surface area contributed by atoms with E-state index in [9.17, 15) is 13.5 Å². The van der Waals surface area contributed by atoms with Crippen LogP contribution in [0.3, 0.4) is 0 Å². The molecule has 0 aromatic heterocycles. The highest BCUT2D eigenvalue weighted by atomic mass is 32.2. The molecule has 4 nitrogen and oxygen atoms in total. The summed E-state index contributed by atoms with van der Waals surface area (Å²) in [6.07, 6.45) is 1.36. The number of rotatable bonds is 4. The van der Waals surface area contributed by atoms with Crippen molar-refractivity contribution in [3.63, 3.8) is 0 Å². The van der Waals surface area contributed by atoms with Crippen molar-refractivity contribution in [2.45, 2.75) is 37.2 Å². The van der Waals surface area contributed by atoms with E-state index >= 15 is 0 Å². The maximum absolute atomic E-state index is 11.9. The summed E-state index contributed by atoms with van der Waals surface area (Å²) < 4.78 is 23.8. The molecule has 0 saturated carbocycles. The second-order valence-corrected chi connectivity index (χ2v) is 7.59. The van der Waals surface area contributed by atoms with Gasteiger partial charge in [0.25, 0.3) is 0 Å². The normalized spacial score (nSPS) is 23.8. The number of hydrogen-bond donors (Lipinski definition) is 1. The maximum Gasteiger partial charge on any atom is 0.178 e. The van der Waals surface area contributed by atoms with Crippen molar-refractivity contribution in [1.29, 1.82) is 0 Å². The maximum atomic E-state index is 11.9. The molecular formula is C14H21NO3S. The average molecular weight is 283 g/mol. The first kappa shape index (κ1) is 14.3. The zero-order chi connectivity index (χ0) is 14.1. The molecule has 0 spiro atoms. The molecule has 1 fully saturated rings. The molecule has 1 aliphatic heterocycles. The van der Waals surface area contributed by atoms with Gasteiger partial charge in [0.1, 0.15) is 0 Å².